The fourth-order valence-electron chi connectivity index (χ4n) is 10.5. The number of benzene rings is 11. The minimum Gasteiger partial charge on any atom is -0.310 e. The van der Waals surface area contributed by atoms with Gasteiger partial charge in [-0.2, -0.15) is 0 Å². The first kappa shape index (κ1) is 37.5. The van der Waals surface area contributed by atoms with Crippen molar-refractivity contribution in [2.24, 2.45) is 0 Å². The van der Waals surface area contributed by atoms with Gasteiger partial charge in [0.1, 0.15) is 0 Å². The molecule has 0 unspecified atom stereocenters. The Labute approximate surface area is 374 Å². The normalized spacial score (nSPS) is 12.5. The number of nitrogens with zero attached hydrogens (tertiary/aromatic N) is 1. The molecule has 12 rings (SSSR count). The van der Waals surface area contributed by atoms with E-state index in [4.69, 9.17) is 0 Å². The summed E-state index contributed by atoms with van der Waals surface area (Å²) in [6, 6.07) is 95.9. The standard InChI is InChI=1S/C63H43N/c1-5-19-44(20-6-1)47-35-39-54(45-21-7-2-8-22-45)59(41-47)46-33-36-51(37-34-46)64(62-42-48-23-13-14-28-53(48)55-29-15-16-31-58(55)62)52-38-40-57-56-30-17-18-32-60(56)63(61(57)43-52,49-24-9-3-10-25-49)50-26-11-4-12-27-50/h1-43H. The fraction of sp³-hybridized carbons (Fsp3) is 0.0159. The van der Waals surface area contributed by atoms with Crippen molar-refractivity contribution >= 4 is 38.6 Å². The Morgan fingerprint density at radius 1 is 0.266 bits per heavy atom. The second-order valence-corrected chi connectivity index (χ2v) is 16.8. The van der Waals surface area contributed by atoms with Crippen LogP contribution in [-0.2, 0) is 5.41 Å². The Morgan fingerprint density at radius 3 is 1.47 bits per heavy atom. The molecule has 0 fully saturated rings. The van der Waals surface area contributed by atoms with Crippen molar-refractivity contribution in [2.45, 2.75) is 5.41 Å². The maximum Gasteiger partial charge on any atom is 0.0714 e. The first-order valence-electron chi connectivity index (χ1n) is 22.2. The highest BCUT2D eigenvalue weighted by Gasteiger charge is 2.46. The van der Waals surface area contributed by atoms with Gasteiger partial charge in [0.05, 0.1) is 11.1 Å². The van der Waals surface area contributed by atoms with E-state index in [9.17, 15) is 0 Å². The summed E-state index contributed by atoms with van der Waals surface area (Å²) in [5.74, 6) is 0. The van der Waals surface area contributed by atoms with E-state index in [1.54, 1.807) is 0 Å². The molecular weight excluding hydrogens is 771 g/mol. The molecule has 1 aliphatic rings. The number of rotatable bonds is 8. The number of hydrogen-bond donors (Lipinski definition) is 0. The minimum atomic E-state index is -0.525. The highest BCUT2D eigenvalue weighted by atomic mass is 15.1. The molecule has 11 aromatic carbocycles. The molecular formula is C63H43N. The van der Waals surface area contributed by atoms with Crippen molar-refractivity contribution in [3.05, 3.63) is 283 Å². The molecule has 300 valence electrons. The van der Waals surface area contributed by atoms with Crippen molar-refractivity contribution in [3.63, 3.8) is 0 Å². The van der Waals surface area contributed by atoms with E-state index < -0.39 is 5.41 Å². The van der Waals surface area contributed by atoms with Crippen molar-refractivity contribution in [3.8, 4) is 44.5 Å². The van der Waals surface area contributed by atoms with Gasteiger partial charge in [-0.05, 0) is 119 Å². The lowest BCUT2D eigenvalue weighted by Gasteiger charge is -2.35. The largest absolute Gasteiger partial charge is 0.310 e. The lowest BCUT2D eigenvalue weighted by molar-refractivity contribution is 0.768. The van der Waals surface area contributed by atoms with Crippen molar-refractivity contribution in [1.82, 2.24) is 0 Å². The molecule has 64 heavy (non-hydrogen) atoms. The summed E-state index contributed by atoms with van der Waals surface area (Å²) in [4.78, 5) is 2.49. The molecule has 1 nitrogen and oxygen atoms in total. The maximum absolute atomic E-state index is 2.49. The highest BCUT2D eigenvalue weighted by Crippen LogP contribution is 2.57. The summed E-state index contributed by atoms with van der Waals surface area (Å²) >= 11 is 0. The zero-order valence-electron chi connectivity index (χ0n) is 35.3. The van der Waals surface area contributed by atoms with Gasteiger partial charge < -0.3 is 4.90 Å². The van der Waals surface area contributed by atoms with Crippen LogP contribution in [-0.4, -0.2) is 0 Å². The lowest BCUT2D eigenvalue weighted by Crippen LogP contribution is -2.28. The van der Waals surface area contributed by atoms with Gasteiger partial charge in [-0.3, -0.25) is 0 Å². The third kappa shape index (κ3) is 6.08. The molecule has 1 aliphatic carbocycles. The molecule has 0 saturated heterocycles. The van der Waals surface area contributed by atoms with Crippen LogP contribution in [0.1, 0.15) is 22.3 Å². The van der Waals surface area contributed by atoms with E-state index in [0.29, 0.717) is 0 Å². The Kier molecular flexibility index (Phi) is 9.13. The van der Waals surface area contributed by atoms with Crippen LogP contribution in [0.4, 0.5) is 17.1 Å². The van der Waals surface area contributed by atoms with Crippen LogP contribution in [0.2, 0.25) is 0 Å². The quantitative estimate of drug-likeness (QED) is 0.138. The summed E-state index contributed by atoms with van der Waals surface area (Å²) in [6.45, 7) is 0. The zero-order chi connectivity index (χ0) is 42.5. The van der Waals surface area contributed by atoms with Crippen LogP contribution in [0.3, 0.4) is 0 Å². The second-order valence-electron chi connectivity index (χ2n) is 16.8. The molecule has 0 saturated carbocycles. The Morgan fingerprint density at radius 2 is 0.766 bits per heavy atom. The van der Waals surface area contributed by atoms with E-state index in [1.165, 1.54) is 88.3 Å². The van der Waals surface area contributed by atoms with Gasteiger partial charge >= 0.3 is 0 Å². The van der Waals surface area contributed by atoms with Crippen molar-refractivity contribution in [2.75, 3.05) is 4.90 Å². The molecule has 0 bridgehead atoms. The third-order valence-electron chi connectivity index (χ3n) is 13.3. The van der Waals surface area contributed by atoms with Gasteiger partial charge in [-0.15, -0.1) is 0 Å². The molecule has 0 radical (unpaired) electrons. The monoisotopic (exact) mass is 813 g/mol. The van der Waals surface area contributed by atoms with Crippen LogP contribution in [0.5, 0.6) is 0 Å². The SMILES string of the molecule is c1ccc(-c2ccc(-c3ccccc3)c(-c3ccc(N(c4ccc5c(c4)C(c4ccccc4)(c4ccccc4)c4ccccc4-5)c4cc5ccccc5c5ccccc45)cc3)c2)cc1. The summed E-state index contributed by atoms with van der Waals surface area (Å²) in [7, 11) is 0. The first-order valence-corrected chi connectivity index (χ1v) is 22.2. The highest BCUT2D eigenvalue weighted by molar-refractivity contribution is 6.14. The molecule has 0 amide bonds. The molecule has 0 aromatic heterocycles. The molecule has 0 aliphatic heterocycles. The van der Waals surface area contributed by atoms with Crippen LogP contribution in [0.15, 0.2) is 261 Å². The summed E-state index contributed by atoms with van der Waals surface area (Å²) < 4.78 is 0. The maximum atomic E-state index is 2.49. The number of hydrogen-bond acceptors (Lipinski definition) is 1. The van der Waals surface area contributed by atoms with E-state index >= 15 is 0 Å². The zero-order valence-corrected chi connectivity index (χ0v) is 35.3. The molecule has 0 N–H and O–H groups in total. The van der Waals surface area contributed by atoms with Gasteiger partial charge in [0.25, 0.3) is 0 Å². The van der Waals surface area contributed by atoms with Gasteiger partial charge in [-0.1, -0.05) is 224 Å². The molecule has 0 spiro atoms. The number of fused-ring (bicyclic) bond motifs is 6. The van der Waals surface area contributed by atoms with Crippen LogP contribution >= 0.6 is 0 Å². The third-order valence-corrected chi connectivity index (χ3v) is 13.3. The van der Waals surface area contributed by atoms with Crippen LogP contribution in [0, 0.1) is 0 Å². The summed E-state index contributed by atoms with van der Waals surface area (Å²) in [5.41, 5.74) is 17.6. The summed E-state index contributed by atoms with van der Waals surface area (Å²) in [6.07, 6.45) is 0. The molecule has 0 atom stereocenters. The number of anilines is 3. The van der Waals surface area contributed by atoms with Gasteiger partial charge in [0.15, 0.2) is 0 Å². The molecule has 0 heterocycles. The predicted molar refractivity (Wildman–Crippen MR) is 270 cm³/mol. The predicted octanol–water partition coefficient (Wildman–Crippen LogP) is 16.8. The van der Waals surface area contributed by atoms with Gasteiger partial charge in [-0.25, -0.2) is 0 Å². The van der Waals surface area contributed by atoms with E-state index in [2.05, 4.69) is 266 Å². The van der Waals surface area contributed by atoms with Crippen LogP contribution in [0.25, 0.3) is 66.1 Å². The van der Waals surface area contributed by atoms with Crippen molar-refractivity contribution < 1.29 is 0 Å². The molecule has 11 aromatic rings. The smallest absolute Gasteiger partial charge is 0.0714 e. The fourth-order valence-corrected chi connectivity index (χ4v) is 10.5. The van der Waals surface area contributed by atoms with Gasteiger partial charge in [0, 0.05) is 16.8 Å². The van der Waals surface area contributed by atoms with Crippen LogP contribution < -0.4 is 4.90 Å². The van der Waals surface area contributed by atoms with E-state index in [0.717, 1.165) is 17.1 Å². The van der Waals surface area contributed by atoms with Crippen molar-refractivity contribution in [1.29, 1.82) is 0 Å². The average molecular weight is 814 g/mol. The Balaban J connectivity index is 1.10. The van der Waals surface area contributed by atoms with E-state index in [-0.39, 0.29) is 0 Å². The molecule has 1 heteroatoms. The second kappa shape index (κ2) is 15.6. The average Bonchev–Trinajstić information content (AvgIpc) is 3.68. The Hall–Kier alpha value is -8.26. The Bertz CT molecular complexity index is 3430. The topological polar surface area (TPSA) is 3.24 Å². The first-order chi connectivity index (χ1) is 31.8. The summed E-state index contributed by atoms with van der Waals surface area (Å²) in [5, 5.41) is 4.90. The van der Waals surface area contributed by atoms with Gasteiger partial charge in [0.2, 0.25) is 0 Å². The minimum absolute atomic E-state index is 0.525. The lowest BCUT2D eigenvalue weighted by atomic mass is 9.67. The van der Waals surface area contributed by atoms with E-state index in [1.807, 2.05) is 0 Å².